The molecule has 0 saturated carbocycles. The summed E-state index contributed by atoms with van der Waals surface area (Å²) in [5, 5.41) is 11.2. The SMILES string of the molecule is O=C(O)CNC(=O)CCn1cnc2ccccc2c1=O. The van der Waals surface area contributed by atoms with E-state index in [0.717, 1.165) is 0 Å². The van der Waals surface area contributed by atoms with Crippen LogP contribution in [-0.2, 0) is 16.1 Å². The molecule has 1 amide bonds. The van der Waals surface area contributed by atoms with E-state index in [1.807, 2.05) is 0 Å². The first kappa shape index (κ1) is 13.7. The van der Waals surface area contributed by atoms with Gasteiger partial charge in [-0.05, 0) is 12.1 Å². The van der Waals surface area contributed by atoms with Crippen molar-refractivity contribution in [2.45, 2.75) is 13.0 Å². The second-order valence-electron chi connectivity index (χ2n) is 4.18. The number of benzene rings is 1. The maximum atomic E-state index is 12.1. The van der Waals surface area contributed by atoms with E-state index in [0.29, 0.717) is 10.9 Å². The molecular formula is C13H13N3O4. The first-order valence-electron chi connectivity index (χ1n) is 6.00. The van der Waals surface area contributed by atoms with Crippen molar-refractivity contribution in [1.82, 2.24) is 14.9 Å². The molecule has 7 heteroatoms. The van der Waals surface area contributed by atoms with E-state index in [-0.39, 0.29) is 18.5 Å². The molecule has 104 valence electrons. The Morgan fingerprint density at radius 2 is 2.05 bits per heavy atom. The number of carboxylic acid groups (broad SMARTS) is 1. The zero-order valence-corrected chi connectivity index (χ0v) is 10.6. The maximum absolute atomic E-state index is 12.1. The van der Waals surface area contributed by atoms with Gasteiger partial charge in [0.25, 0.3) is 5.56 Å². The Labute approximate surface area is 113 Å². The van der Waals surface area contributed by atoms with Gasteiger partial charge in [0.2, 0.25) is 5.91 Å². The number of hydrogen-bond acceptors (Lipinski definition) is 4. The second-order valence-corrected chi connectivity index (χ2v) is 4.18. The lowest BCUT2D eigenvalue weighted by atomic mass is 10.2. The highest BCUT2D eigenvalue weighted by Gasteiger charge is 2.07. The third-order valence-corrected chi connectivity index (χ3v) is 2.75. The van der Waals surface area contributed by atoms with Crippen molar-refractivity contribution < 1.29 is 14.7 Å². The molecule has 7 nitrogen and oxygen atoms in total. The van der Waals surface area contributed by atoms with Gasteiger partial charge in [-0.2, -0.15) is 0 Å². The van der Waals surface area contributed by atoms with Crippen LogP contribution in [0.25, 0.3) is 10.9 Å². The van der Waals surface area contributed by atoms with Crippen molar-refractivity contribution in [3.8, 4) is 0 Å². The summed E-state index contributed by atoms with van der Waals surface area (Å²) in [5.41, 5.74) is 0.380. The van der Waals surface area contributed by atoms with Gasteiger partial charge in [0.05, 0.1) is 17.2 Å². The third-order valence-electron chi connectivity index (χ3n) is 2.75. The Kier molecular flexibility index (Phi) is 4.09. The van der Waals surface area contributed by atoms with Crippen molar-refractivity contribution in [2.24, 2.45) is 0 Å². The number of carboxylic acids is 1. The maximum Gasteiger partial charge on any atom is 0.322 e. The molecule has 2 aromatic rings. The van der Waals surface area contributed by atoms with Crippen LogP contribution in [0.5, 0.6) is 0 Å². The van der Waals surface area contributed by atoms with E-state index in [2.05, 4.69) is 10.3 Å². The molecule has 1 aromatic heterocycles. The number of aryl methyl sites for hydroxylation is 1. The summed E-state index contributed by atoms with van der Waals surface area (Å²) in [6.45, 7) is -0.272. The van der Waals surface area contributed by atoms with Crippen molar-refractivity contribution in [3.05, 3.63) is 40.9 Å². The number of hydrogen-bond donors (Lipinski definition) is 2. The summed E-state index contributed by atoms with van der Waals surface area (Å²) in [6, 6.07) is 6.94. The Hall–Kier alpha value is -2.70. The van der Waals surface area contributed by atoms with Crippen LogP contribution in [0.1, 0.15) is 6.42 Å². The van der Waals surface area contributed by atoms with Gasteiger partial charge >= 0.3 is 5.97 Å². The highest BCUT2D eigenvalue weighted by atomic mass is 16.4. The summed E-state index contributed by atoms with van der Waals surface area (Å²) >= 11 is 0. The number of amides is 1. The molecule has 1 aromatic carbocycles. The predicted octanol–water partition coefficient (Wildman–Crippen LogP) is -0.0126. The molecule has 2 N–H and O–H groups in total. The minimum absolute atomic E-state index is 0.0210. The Balaban J connectivity index is 2.07. The van der Waals surface area contributed by atoms with E-state index in [9.17, 15) is 14.4 Å². The van der Waals surface area contributed by atoms with Gasteiger partial charge in [0, 0.05) is 13.0 Å². The fraction of sp³-hybridized carbons (Fsp3) is 0.231. The number of fused-ring (bicyclic) bond motifs is 1. The highest BCUT2D eigenvalue weighted by Crippen LogP contribution is 2.04. The van der Waals surface area contributed by atoms with Crippen molar-refractivity contribution in [1.29, 1.82) is 0 Å². The average molecular weight is 275 g/mol. The molecule has 0 aliphatic rings. The van der Waals surface area contributed by atoms with Crippen LogP contribution < -0.4 is 10.9 Å². The van der Waals surface area contributed by atoms with E-state index < -0.39 is 18.4 Å². The fourth-order valence-electron chi connectivity index (χ4n) is 1.75. The molecule has 0 spiro atoms. The van der Waals surface area contributed by atoms with Gasteiger partial charge in [-0.3, -0.25) is 19.0 Å². The van der Waals surface area contributed by atoms with Crippen molar-refractivity contribution in [3.63, 3.8) is 0 Å². The number of aliphatic carboxylic acids is 1. The number of nitrogens with one attached hydrogen (secondary N) is 1. The number of carbonyl (C=O) groups excluding carboxylic acids is 1. The normalized spacial score (nSPS) is 10.4. The number of carbonyl (C=O) groups is 2. The van der Waals surface area contributed by atoms with Crippen molar-refractivity contribution in [2.75, 3.05) is 6.54 Å². The number of rotatable bonds is 5. The Morgan fingerprint density at radius 1 is 1.30 bits per heavy atom. The van der Waals surface area contributed by atoms with Crippen LogP contribution in [0.3, 0.4) is 0 Å². The molecule has 0 bridgehead atoms. The fourth-order valence-corrected chi connectivity index (χ4v) is 1.75. The molecule has 0 radical (unpaired) electrons. The van der Waals surface area contributed by atoms with Gasteiger partial charge in [0.15, 0.2) is 0 Å². The molecule has 1 heterocycles. The van der Waals surface area contributed by atoms with Crippen LogP contribution in [0.4, 0.5) is 0 Å². The lowest BCUT2D eigenvalue weighted by molar-refractivity contribution is -0.137. The molecule has 0 aliphatic heterocycles. The molecule has 0 fully saturated rings. The second kappa shape index (κ2) is 5.96. The lowest BCUT2D eigenvalue weighted by Crippen LogP contribution is -2.31. The number of para-hydroxylation sites is 1. The first-order valence-corrected chi connectivity index (χ1v) is 6.00. The van der Waals surface area contributed by atoms with Gasteiger partial charge in [-0.15, -0.1) is 0 Å². The number of aromatic nitrogens is 2. The smallest absolute Gasteiger partial charge is 0.322 e. The van der Waals surface area contributed by atoms with Crippen LogP contribution in [0, 0.1) is 0 Å². The van der Waals surface area contributed by atoms with E-state index in [4.69, 9.17) is 5.11 Å². The average Bonchev–Trinajstić information content (AvgIpc) is 2.44. The largest absolute Gasteiger partial charge is 0.480 e. The van der Waals surface area contributed by atoms with Crippen LogP contribution in [0.15, 0.2) is 35.4 Å². The molecule has 0 atom stereocenters. The monoisotopic (exact) mass is 275 g/mol. The quantitative estimate of drug-likeness (QED) is 0.799. The van der Waals surface area contributed by atoms with Gasteiger partial charge in [-0.25, -0.2) is 4.98 Å². The van der Waals surface area contributed by atoms with E-state index in [1.54, 1.807) is 24.3 Å². The molecule has 0 unspecified atom stereocenters. The van der Waals surface area contributed by atoms with Gasteiger partial charge in [0.1, 0.15) is 6.54 Å². The summed E-state index contributed by atoms with van der Waals surface area (Å²) in [6.07, 6.45) is 1.41. The van der Waals surface area contributed by atoms with Crippen LogP contribution in [0.2, 0.25) is 0 Å². The third kappa shape index (κ3) is 3.19. The standard InChI is InChI=1S/C13H13N3O4/c17-11(14-7-12(18)19)5-6-16-8-15-10-4-2-1-3-9(10)13(16)20/h1-4,8H,5-7H2,(H,14,17)(H,18,19). The molecule has 0 saturated heterocycles. The summed E-state index contributed by atoms with van der Waals surface area (Å²) in [4.78, 5) is 37.9. The van der Waals surface area contributed by atoms with Crippen LogP contribution in [-0.4, -0.2) is 33.1 Å². The Bertz CT molecular complexity index is 708. The summed E-state index contributed by atoms with van der Waals surface area (Å²) in [5.74, 6) is -1.53. The molecular weight excluding hydrogens is 262 g/mol. The van der Waals surface area contributed by atoms with Crippen molar-refractivity contribution >= 4 is 22.8 Å². The highest BCUT2D eigenvalue weighted by molar-refractivity contribution is 5.81. The predicted molar refractivity (Wildman–Crippen MR) is 71.3 cm³/mol. The zero-order chi connectivity index (χ0) is 14.5. The molecule has 0 aliphatic carbocycles. The minimum atomic E-state index is -1.11. The van der Waals surface area contributed by atoms with Gasteiger partial charge in [-0.1, -0.05) is 12.1 Å². The minimum Gasteiger partial charge on any atom is -0.480 e. The van der Waals surface area contributed by atoms with Gasteiger partial charge < -0.3 is 10.4 Å². The van der Waals surface area contributed by atoms with E-state index in [1.165, 1.54) is 10.9 Å². The summed E-state index contributed by atoms with van der Waals surface area (Å²) < 4.78 is 1.34. The molecule has 2 rings (SSSR count). The topological polar surface area (TPSA) is 101 Å². The summed E-state index contributed by atoms with van der Waals surface area (Å²) in [7, 11) is 0. The van der Waals surface area contributed by atoms with Crippen LogP contribution >= 0.6 is 0 Å². The first-order chi connectivity index (χ1) is 9.58. The lowest BCUT2D eigenvalue weighted by Gasteiger charge is -2.06. The van der Waals surface area contributed by atoms with E-state index >= 15 is 0 Å². The molecule has 20 heavy (non-hydrogen) atoms. The Morgan fingerprint density at radius 3 is 2.80 bits per heavy atom. The zero-order valence-electron chi connectivity index (χ0n) is 10.6. The number of nitrogens with zero attached hydrogens (tertiary/aromatic N) is 2.